The van der Waals surface area contributed by atoms with Crippen molar-refractivity contribution in [2.24, 2.45) is 0 Å². The molecular weight excluding hydrogens is 222 g/mol. The summed E-state index contributed by atoms with van der Waals surface area (Å²) in [4.78, 5) is 14.6. The summed E-state index contributed by atoms with van der Waals surface area (Å²) in [5.41, 5.74) is 6.00. The number of anilines is 2. The zero-order valence-corrected chi connectivity index (χ0v) is 8.05. The Bertz CT molecular complexity index is 314. The zero-order chi connectivity index (χ0) is 9.14. The molecule has 1 amide bonds. The van der Waals surface area contributed by atoms with Crippen molar-refractivity contribution in [1.29, 1.82) is 0 Å². The van der Waals surface area contributed by atoms with Gasteiger partial charge in [-0.25, -0.2) is 4.98 Å². The number of nitrogens with zero attached hydrogens (tertiary/aromatic N) is 1. The van der Waals surface area contributed by atoms with E-state index in [1.165, 1.54) is 13.1 Å². The molecule has 0 aromatic carbocycles. The number of halogens is 1. The molecule has 0 bridgehead atoms. The fourth-order valence-electron chi connectivity index (χ4n) is 0.711. The SMILES string of the molecule is CC(=O)Nc1ncc(N)cc1Br. The molecular formula is C7H8BrN3O. The maximum atomic E-state index is 10.6. The molecule has 1 heterocycles. The number of nitrogen functional groups attached to an aromatic ring is 1. The maximum absolute atomic E-state index is 10.6. The topological polar surface area (TPSA) is 68.0 Å². The zero-order valence-electron chi connectivity index (χ0n) is 6.47. The minimum atomic E-state index is -0.159. The van der Waals surface area contributed by atoms with Gasteiger partial charge in [-0.1, -0.05) is 0 Å². The molecule has 4 nitrogen and oxygen atoms in total. The first-order chi connectivity index (χ1) is 5.59. The Hall–Kier alpha value is -1.10. The van der Waals surface area contributed by atoms with Gasteiger partial charge in [-0.2, -0.15) is 0 Å². The van der Waals surface area contributed by atoms with Crippen LogP contribution in [0.25, 0.3) is 0 Å². The highest BCUT2D eigenvalue weighted by Crippen LogP contribution is 2.21. The van der Waals surface area contributed by atoms with Crippen LogP contribution >= 0.6 is 15.9 Å². The van der Waals surface area contributed by atoms with E-state index in [2.05, 4.69) is 26.2 Å². The van der Waals surface area contributed by atoms with Crippen molar-refractivity contribution in [3.63, 3.8) is 0 Å². The van der Waals surface area contributed by atoms with Crippen molar-refractivity contribution in [1.82, 2.24) is 4.98 Å². The Morgan fingerprint density at radius 3 is 2.92 bits per heavy atom. The molecule has 5 heteroatoms. The molecule has 0 fully saturated rings. The first-order valence-electron chi connectivity index (χ1n) is 3.28. The first-order valence-corrected chi connectivity index (χ1v) is 4.07. The molecule has 0 aliphatic carbocycles. The van der Waals surface area contributed by atoms with E-state index in [4.69, 9.17) is 5.73 Å². The van der Waals surface area contributed by atoms with E-state index in [1.54, 1.807) is 6.07 Å². The summed E-state index contributed by atoms with van der Waals surface area (Å²) in [6.07, 6.45) is 1.48. The van der Waals surface area contributed by atoms with E-state index >= 15 is 0 Å². The van der Waals surface area contributed by atoms with Gasteiger partial charge in [-0.3, -0.25) is 4.79 Å². The number of carbonyl (C=O) groups is 1. The molecule has 1 aromatic heterocycles. The van der Waals surface area contributed by atoms with E-state index in [0.29, 0.717) is 16.0 Å². The molecule has 0 spiro atoms. The summed E-state index contributed by atoms with van der Waals surface area (Å²) >= 11 is 3.22. The molecule has 0 unspecified atom stereocenters. The molecule has 64 valence electrons. The quantitative estimate of drug-likeness (QED) is 0.765. The first kappa shape index (κ1) is 8.99. The summed E-state index contributed by atoms with van der Waals surface area (Å²) in [5.74, 6) is 0.324. The van der Waals surface area contributed by atoms with Crippen LogP contribution in [0, 0.1) is 0 Å². The van der Waals surface area contributed by atoms with Crippen LogP contribution in [0.4, 0.5) is 11.5 Å². The predicted octanol–water partition coefficient (Wildman–Crippen LogP) is 1.38. The number of hydrogen-bond acceptors (Lipinski definition) is 3. The number of hydrogen-bond donors (Lipinski definition) is 2. The number of rotatable bonds is 1. The van der Waals surface area contributed by atoms with Gasteiger partial charge in [0.15, 0.2) is 0 Å². The number of aromatic nitrogens is 1. The maximum Gasteiger partial charge on any atom is 0.222 e. The number of pyridine rings is 1. The predicted molar refractivity (Wildman–Crippen MR) is 50.7 cm³/mol. The molecule has 1 aromatic rings. The van der Waals surface area contributed by atoms with Gasteiger partial charge in [-0.05, 0) is 22.0 Å². The normalized spacial score (nSPS) is 9.50. The average Bonchev–Trinajstić information content (AvgIpc) is 1.94. The number of nitrogens with two attached hydrogens (primary N) is 1. The Kier molecular flexibility index (Phi) is 2.65. The Balaban J connectivity index is 2.93. The smallest absolute Gasteiger partial charge is 0.222 e. The van der Waals surface area contributed by atoms with Gasteiger partial charge >= 0.3 is 0 Å². The molecule has 0 saturated carbocycles. The van der Waals surface area contributed by atoms with Crippen molar-refractivity contribution in [3.05, 3.63) is 16.7 Å². The van der Waals surface area contributed by atoms with Crippen molar-refractivity contribution >= 4 is 33.3 Å². The highest BCUT2D eigenvalue weighted by Gasteiger charge is 2.02. The second-order valence-corrected chi connectivity index (χ2v) is 3.13. The van der Waals surface area contributed by atoms with Gasteiger partial charge < -0.3 is 11.1 Å². The highest BCUT2D eigenvalue weighted by atomic mass is 79.9. The van der Waals surface area contributed by atoms with Crippen LogP contribution in [0.3, 0.4) is 0 Å². The van der Waals surface area contributed by atoms with Gasteiger partial charge in [0, 0.05) is 6.92 Å². The average molecular weight is 230 g/mol. The minimum absolute atomic E-state index is 0.159. The lowest BCUT2D eigenvalue weighted by Gasteiger charge is -2.03. The van der Waals surface area contributed by atoms with Gasteiger partial charge in [-0.15, -0.1) is 0 Å². The van der Waals surface area contributed by atoms with E-state index in [9.17, 15) is 4.79 Å². The van der Waals surface area contributed by atoms with E-state index in [0.717, 1.165) is 0 Å². The third-order valence-electron chi connectivity index (χ3n) is 1.16. The second kappa shape index (κ2) is 3.53. The van der Waals surface area contributed by atoms with Crippen LogP contribution < -0.4 is 11.1 Å². The molecule has 3 N–H and O–H groups in total. The minimum Gasteiger partial charge on any atom is -0.397 e. The van der Waals surface area contributed by atoms with Crippen LogP contribution in [-0.4, -0.2) is 10.9 Å². The highest BCUT2D eigenvalue weighted by molar-refractivity contribution is 9.10. The van der Waals surface area contributed by atoms with E-state index < -0.39 is 0 Å². The van der Waals surface area contributed by atoms with E-state index in [1.807, 2.05) is 0 Å². The summed E-state index contributed by atoms with van der Waals surface area (Å²) in [6.45, 7) is 1.42. The largest absolute Gasteiger partial charge is 0.397 e. The van der Waals surface area contributed by atoms with Crippen molar-refractivity contribution < 1.29 is 4.79 Å². The summed E-state index contributed by atoms with van der Waals surface area (Å²) in [7, 11) is 0. The summed E-state index contributed by atoms with van der Waals surface area (Å²) in [6, 6.07) is 1.68. The van der Waals surface area contributed by atoms with Gasteiger partial charge in [0.2, 0.25) is 5.91 Å². The summed E-state index contributed by atoms with van der Waals surface area (Å²) < 4.78 is 0.678. The van der Waals surface area contributed by atoms with Gasteiger partial charge in [0.05, 0.1) is 16.4 Å². The third-order valence-corrected chi connectivity index (χ3v) is 1.76. The Morgan fingerprint density at radius 1 is 1.75 bits per heavy atom. The molecule has 0 aliphatic heterocycles. The third kappa shape index (κ3) is 2.20. The van der Waals surface area contributed by atoms with Crippen LogP contribution in [-0.2, 0) is 4.79 Å². The lowest BCUT2D eigenvalue weighted by molar-refractivity contribution is -0.114. The standard InChI is InChI=1S/C7H8BrN3O/c1-4(12)11-7-6(8)2-5(9)3-10-7/h2-3H,9H2,1H3,(H,10,11,12). The molecule has 0 aliphatic rings. The van der Waals surface area contributed by atoms with Gasteiger partial charge in [0.25, 0.3) is 0 Å². The number of amides is 1. The number of carbonyl (C=O) groups excluding carboxylic acids is 1. The van der Waals surface area contributed by atoms with Gasteiger partial charge in [0.1, 0.15) is 5.82 Å². The van der Waals surface area contributed by atoms with Crippen LogP contribution in [0.15, 0.2) is 16.7 Å². The monoisotopic (exact) mass is 229 g/mol. The van der Waals surface area contributed by atoms with Crippen molar-refractivity contribution in [2.75, 3.05) is 11.1 Å². The Morgan fingerprint density at radius 2 is 2.42 bits per heavy atom. The fourth-order valence-corrected chi connectivity index (χ4v) is 1.18. The van der Waals surface area contributed by atoms with Crippen molar-refractivity contribution in [2.45, 2.75) is 6.92 Å². The van der Waals surface area contributed by atoms with Crippen molar-refractivity contribution in [3.8, 4) is 0 Å². The molecule has 1 rings (SSSR count). The Labute approximate surface area is 78.3 Å². The van der Waals surface area contributed by atoms with Crippen LogP contribution in [0.1, 0.15) is 6.92 Å². The van der Waals surface area contributed by atoms with Crippen LogP contribution in [0.2, 0.25) is 0 Å². The fraction of sp³-hybridized carbons (Fsp3) is 0.143. The second-order valence-electron chi connectivity index (χ2n) is 2.28. The lowest BCUT2D eigenvalue weighted by Crippen LogP contribution is -2.08. The molecule has 12 heavy (non-hydrogen) atoms. The molecule has 0 saturated heterocycles. The number of nitrogens with one attached hydrogen (secondary N) is 1. The molecule has 0 atom stereocenters. The summed E-state index contributed by atoms with van der Waals surface area (Å²) in [5, 5.41) is 2.55. The van der Waals surface area contributed by atoms with E-state index in [-0.39, 0.29) is 5.91 Å². The molecule has 0 radical (unpaired) electrons. The lowest BCUT2D eigenvalue weighted by atomic mass is 10.4. The van der Waals surface area contributed by atoms with Crippen LogP contribution in [0.5, 0.6) is 0 Å².